The number of hydrogen-bond donors (Lipinski definition) is 1. The highest BCUT2D eigenvalue weighted by atomic mass is 16.5. The van der Waals surface area contributed by atoms with E-state index < -0.39 is 0 Å². The molecular weight excluding hydrogens is 200 g/mol. The summed E-state index contributed by atoms with van der Waals surface area (Å²) >= 11 is 0. The Morgan fingerprint density at radius 3 is 3.00 bits per heavy atom. The van der Waals surface area contributed by atoms with E-state index in [0.29, 0.717) is 6.04 Å². The first-order chi connectivity index (χ1) is 7.86. The predicted octanol–water partition coefficient (Wildman–Crippen LogP) is 2.01. The number of hydrogen-bond acceptors (Lipinski definition) is 3. The van der Waals surface area contributed by atoms with Crippen LogP contribution >= 0.6 is 0 Å². The molecule has 2 N–H and O–H groups in total. The summed E-state index contributed by atoms with van der Waals surface area (Å²) in [5.41, 5.74) is 6.87. The van der Waals surface area contributed by atoms with E-state index in [1.54, 1.807) is 7.11 Å². The number of nitrogens with zero attached hydrogens (tertiary/aromatic N) is 1. The van der Waals surface area contributed by atoms with Gasteiger partial charge in [-0.25, -0.2) is 0 Å². The van der Waals surface area contributed by atoms with Crippen molar-refractivity contribution in [1.29, 1.82) is 0 Å². The van der Waals surface area contributed by atoms with Gasteiger partial charge < -0.3 is 15.4 Å². The Hall–Kier alpha value is -1.22. The second-order valence-corrected chi connectivity index (χ2v) is 4.24. The molecule has 88 valence electrons. The molecular formula is C13H20N2O. The molecule has 1 unspecified atom stereocenters. The third-order valence-electron chi connectivity index (χ3n) is 3.27. The normalized spacial score (nSPS) is 20.1. The molecule has 3 nitrogen and oxygen atoms in total. The van der Waals surface area contributed by atoms with E-state index in [1.165, 1.54) is 18.5 Å². The summed E-state index contributed by atoms with van der Waals surface area (Å²) in [7, 11) is 1.73. The molecule has 1 aromatic rings. The smallest absolute Gasteiger partial charge is 0.142 e. The molecule has 1 aliphatic rings. The van der Waals surface area contributed by atoms with Crippen LogP contribution in [0, 0.1) is 0 Å². The van der Waals surface area contributed by atoms with Crippen molar-refractivity contribution < 1.29 is 4.74 Å². The maximum Gasteiger partial charge on any atom is 0.142 e. The van der Waals surface area contributed by atoms with Crippen molar-refractivity contribution in [2.45, 2.75) is 25.3 Å². The quantitative estimate of drug-likeness (QED) is 0.843. The van der Waals surface area contributed by atoms with Crippen molar-refractivity contribution in [2.24, 2.45) is 5.73 Å². The molecule has 0 spiro atoms. The van der Waals surface area contributed by atoms with E-state index in [-0.39, 0.29) is 0 Å². The summed E-state index contributed by atoms with van der Waals surface area (Å²) < 4.78 is 5.41. The Morgan fingerprint density at radius 1 is 1.44 bits per heavy atom. The number of nitrogens with two attached hydrogens (primary N) is 1. The van der Waals surface area contributed by atoms with Crippen molar-refractivity contribution in [3.8, 4) is 5.75 Å². The molecule has 1 fully saturated rings. The number of methoxy groups -OCH3 is 1. The Labute approximate surface area is 97.2 Å². The number of para-hydroxylation sites is 2. The van der Waals surface area contributed by atoms with Crippen molar-refractivity contribution in [3.05, 3.63) is 24.3 Å². The van der Waals surface area contributed by atoms with Gasteiger partial charge in [0.2, 0.25) is 0 Å². The molecule has 0 saturated carbocycles. The molecule has 0 bridgehead atoms. The van der Waals surface area contributed by atoms with E-state index in [9.17, 15) is 0 Å². The summed E-state index contributed by atoms with van der Waals surface area (Å²) in [6, 6.07) is 8.81. The van der Waals surface area contributed by atoms with Gasteiger partial charge in [-0.3, -0.25) is 0 Å². The molecule has 0 amide bonds. The molecule has 1 aromatic carbocycles. The van der Waals surface area contributed by atoms with E-state index >= 15 is 0 Å². The van der Waals surface area contributed by atoms with Crippen LogP contribution in [0.5, 0.6) is 5.75 Å². The highest BCUT2D eigenvalue weighted by Gasteiger charge is 2.25. The first-order valence-corrected chi connectivity index (χ1v) is 5.96. The van der Waals surface area contributed by atoms with Crippen LogP contribution in [-0.2, 0) is 0 Å². The Balaban J connectivity index is 2.21. The zero-order chi connectivity index (χ0) is 11.4. The molecule has 0 radical (unpaired) electrons. The van der Waals surface area contributed by atoms with E-state index in [1.807, 2.05) is 12.1 Å². The van der Waals surface area contributed by atoms with Crippen LogP contribution in [0.1, 0.15) is 19.3 Å². The van der Waals surface area contributed by atoms with Crippen LogP contribution in [0.3, 0.4) is 0 Å². The van der Waals surface area contributed by atoms with Crippen LogP contribution in [0.15, 0.2) is 24.3 Å². The molecule has 1 atom stereocenters. The summed E-state index contributed by atoms with van der Waals surface area (Å²) in [5, 5.41) is 0. The molecule has 1 aliphatic heterocycles. The van der Waals surface area contributed by atoms with Gasteiger partial charge in [0.15, 0.2) is 0 Å². The van der Waals surface area contributed by atoms with Crippen molar-refractivity contribution >= 4 is 5.69 Å². The monoisotopic (exact) mass is 220 g/mol. The van der Waals surface area contributed by atoms with Gasteiger partial charge in [-0.05, 0) is 37.9 Å². The maximum absolute atomic E-state index is 5.66. The average molecular weight is 220 g/mol. The lowest BCUT2D eigenvalue weighted by molar-refractivity contribution is 0.413. The summed E-state index contributed by atoms with van der Waals surface area (Å²) in [6.45, 7) is 1.88. The van der Waals surface area contributed by atoms with E-state index in [0.717, 1.165) is 25.3 Å². The Morgan fingerprint density at radius 2 is 2.25 bits per heavy atom. The third-order valence-corrected chi connectivity index (χ3v) is 3.27. The first-order valence-electron chi connectivity index (χ1n) is 5.96. The second-order valence-electron chi connectivity index (χ2n) is 4.24. The van der Waals surface area contributed by atoms with Crippen LogP contribution in [0.4, 0.5) is 5.69 Å². The largest absolute Gasteiger partial charge is 0.495 e. The fourth-order valence-corrected chi connectivity index (χ4v) is 2.51. The minimum absolute atomic E-state index is 0.585. The molecule has 1 heterocycles. The Kier molecular flexibility index (Phi) is 3.67. The van der Waals surface area contributed by atoms with Crippen LogP contribution < -0.4 is 15.4 Å². The van der Waals surface area contributed by atoms with Crippen molar-refractivity contribution in [2.75, 3.05) is 25.1 Å². The lowest BCUT2D eigenvalue weighted by atomic mass is 10.1. The summed E-state index contributed by atoms with van der Waals surface area (Å²) in [6.07, 6.45) is 3.57. The Bertz CT molecular complexity index is 340. The van der Waals surface area contributed by atoms with Gasteiger partial charge in [0, 0.05) is 12.6 Å². The second kappa shape index (κ2) is 5.21. The highest BCUT2D eigenvalue weighted by molar-refractivity contribution is 5.59. The number of ether oxygens (including phenoxy) is 1. The minimum Gasteiger partial charge on any atom is -0.495 e. The summed E-state index contributed by atoms with van der Waals surface area (Å²) in [4.78, 5) is 2.44. The first kappa shape index (κ1) is 11.3. The predicted molar refractivity (Wildman–Crippen MR) is 67.0 cm³/mol. The molecule has 1 saturated heterocycles. The topological polar surface area (TPSA) is 38.5 Å². The van der Waals surface area contributed by atoms with Crippen molar-refractivity contribution in [1.82, 2.24) is 0 Å². The van der Waals surface area contributed by atoms with E-state index in [4.69, 9.17) is 10.5 Å². The standard InChI is InChI=1S/C13H20N2O/c1-16-13-7-3-2-6-12(13)15-10-4-5-11(15)8-9-14/h2-3,6-7,11H,4-5,8-10,14H2,1H3. The maximum atomic E-state index is 5.66. The van der Waals surface area contributed by atoms with Crippen LogP contribution in [-0.4, -0.2) is 26.2 Å². The number of anilines is 1. The molecule has 3 heteroatoms. The third kappa shape index (κ3) is 2.14. The van der Waals surface area contributed by atoms with Gasteiger partial charge in [0.25, 0.3) is 0 Å². The zero-order valence-corrected chi connectivity index (χ0v) is 9.86. The van der Waals surface area contributed by atoms with E-state index in [2.05, 4.69) is 17.0 Å². The molecule has 0 aliphatic carbocycles. The average Bonchev–Trinajstić information content (AvgIpc) is 2.77. The van der Waals surface area contributed by atoms with Gasteiger partial charge >= 0.3 is 0 Å². The molecule has 0 aromatic heterocycles. The molecule has 2 rings (SSSR count). The van der Waals surface area contributed by atoms with Gasteiger partial charge in [0.1, 0.15) is 5.75 Å². The number of rotatable bonds is 4. The van der Waals surface area contributed by atoms with Crippen LogP contribution in [0.2, 0.25) is 0 Å². The van der Waals surface area contributed by atoms with Gasteiger partial charge in [-0.1, -0.05) is 12.1 Å². The van der Waals surface area contributed by atoms with Crippen molar-refractivity contribution in [3.63, 3.8) is 0 Å². The lowest BCUT2D eigenvalue weighted by Gasteiger charge is -2.27. The molecule has 16 heavy (non-hydrogen) atoms. The lowest BCUT2D eigenvalue weighted by Crippen LogP contribution is -2.31. The number of benzene rings is 1. The van der Waals surface area contributed by atoms with Gasteiger partial charge in [-0.2, -0.15) is 0 Å². The van der Waals surface area contributed by atoms with Gasteiger partial charge in [0.05, 0.1) is 12.8 Å². The van der Waals surface area contributed by atoms with Crippen LogP contribution in [0.25, 0.3) is 0 Å². The highest BCUT2D eigenvalue weighted by Crippen LogP contribution is 2.34. The summed E-state index contributed by atoms with van der Waals surface area (Å²) in [5.74, 6) is 0.964. The SMILES string of the molecule is COc1ccccc1N1CCCC1CCN. The fourth-order valence-electron chi connectivity index (χ4n) is 2.51. The minimum atomic E-state index is 0.585. The van der Waals surface area contributed by atoms with Gasteiger partial charge in [-0.15, -0.1) is 0 Å². The fraction of sp³-hybridized carbons (Fsp3) is 0.538. The zero-order valence-electron chi connectivity index (χ0n) is 9.86.